The zero-order valence-corrected chi connectivity index (χ0v) is 12.6. The van der Waals surface area contributed by atoms with E-state index in [1.165, 1.54) is 35.7 Å². The van der Waals surface area contributed by atoms with Crippen LogP contribution >= 0.6 is 11.3 Å². The van der Waals surface area contributed by atoms with Crippen molar-refractivity contribution in [2.75, 3.05) is 0 Å². The van der Waals surface area contributed by atoms with Gasteiger partial charge < -0.3 is 0 Å². The molecule has 0 radical (unpaired) electrons. The van der Waals surface area contributed by atoms with Crippen LogP contribution in [0.5, 0.6) is 0 Å². The molecule has 0 amide bonds. The van der Waals surface area contributed by atoms with Crippen LogP contribution in [-0.2, 0) is 5.41 Å². The maximum atomic E-state index is 4.55. The fraction of sp³-hybridized carbons (Fsp3) is 0.375. The Kier molecular flexibility index (Phi) is 2.51. The molecule has 2 heterocycles. The molecule has 4 heteroatoms. The monoisotopic (exact) mass is 283 g/mol. The molecular weight excluding hydrogens is 266 g/mol. The maximum absolute atomic E-state index is 4.55. The Morgan fingerprint density at radius 3 is 2.80 bits per heavy atom. The van der Waals surface area contributed by atoms with Gasteiger partial charge in [-0.1, -0.05) is 25.5 Å². The van der Waals surface area contributed by atoms with E-state index in [0.29, 0.717) is 5.41 Å². The summed E-state index contributed by atoms with van der Waals surface area (Å²) in [5.74, 6) is 0.929. The first-order chi connectivity index (χ1) is 9.66. The van der Waals surface area contributed by atoms with Crippen molar-refractivity contribution in [2.45, 2.75) is 38.5 Å². The predicted octanol–water partition coefficient (Wildman–Crippen LogP) is 4.23. The van der Waals surface area contributed by atoms with Crippen LogP contribution in [0.4, 0.5) is 0 Å². The van der Waals surface area contributed by atoms with E-state index in [2.05, 4.69) is 40.6 Å². The van der Waals surface area contributed by atoms with E-state index in [1.54, 1.807) is 11.3 Å². The molecule has 0 atom stereocenters. The smallest absolute Gasteiger partial charge is 0.165 e. The highest BCUT2D eigenvalue weighted by molar-refractivity contribution is 7.09. The number of rotatable bonds is 2. The molecule has 0 unspecified atom stereocenters. The van der Waals surface area contributed by atoms with E-state index < -0.39 is 0 Å². The first-order valence-electron chi connectivity index (χ1n) is 7.06. The molecule has 0 N–H and O–H groups in total. The molecule has 1 fully saturated rings. The lowest BCUT2D eigenvalue weighted by atomic mass is 9.66. The second-order valence-electron chi connectivity index (χ2n) is 5.97. The Morgan fingerprint density at radius 2 is 2.15 bits per heavy atom. The third-order valence-corrected chi connectivity index (χ3v) is 5.31. The first-order valence-corrected chi connectivity index (χ1v) is 7.94. The van der Waals surface area contributed by atoms with Crippen LogP contribution in [0.25, 0.3) is 16.7 Å². The van der Waals surface area contributed by atoms with Gasteiger partial charge in [0, 0.05) is 10.8 Å². The van der Waals surface area contributed by atoms with E-state index >= 15 is 0 Å². The van der Waals surface area contributed by atoms with Gasteiger partial charge in [-0.2, -0.15) is 5.10 Å². The number of aryl methyl sites for hydroxylation is 1. The molecular formula is C16H17N3S. The lowest BCUT2D eigenvalue weighted by Gasteiger charge is -2.39. The SMILES string of the molecule is Cc1nc(-n2ncc3ccc(C4(C)CCC4)cc32)cs1. The summed E-state index contributed by atoms with van der Waals surface area (Å²) >= 11 is 1.66. The van der Waals surface area contributed by atoms with Crippen LogP contribution in [0, 0.1) is 6.92 Å². The van der Waals surface area contributed by atoms with E-state index in [4.69, 9.17) is 0 Å². The molecule has 0 bridgehead atoms. The van der Waals surface area contributed by atoms with E-state index in [9.17, 15) is 0 Å². The third kappa shape index (κ3) is 1.71. The molecule has 0 aliphatic heterocycles. The normalized spacial score (nSPS) is 17.3. The Bertz CT molecular complexity index is 780. The lowest BCUT2D eigenvalue weighted by molar-refractivity contribution is 0.272. The number of benzene rings is 1. The summed E-state index contributed by atoms with van der Waals surface area (Å²) in [6.07, 6.45) is 5.86. The average Bonchev–Trinajstić information content (AvgIpc) is 3.01. The molecule has 2 aromatic heterocycles. The summed E-state index contributed by atoms with van der Waals surface area (Å²) < 4.78 is 1.96. The van der Waals surface area contributed by atoms with Crippen molar-refractivity contribution < 1.29 is 0 Å². The molecule has 1 aliphatic rings. The van der Waals surface area contributed by atoms with E-state index in [1.807, 2.05) is 17.8 Å². The highest BCUT2D eigenvalue weighted by Gasteiger charge is 2.33. The predicted molar refractivity (Wildman–Crippen MR) is 82.7 cm³/mol. The number of thiazole rings is 1. The van der Waals surface area contributed by atoms with Crippen molar-refractivity contribution in [3.63, 3.8) is 0 Å². The number of hydrogen-bond acceptors (Lipinski definition) is 3. The Balaban J connectivity index is 1.88. The quantitative estimate of drug-likeness (QED) is 0.704. The molecule has 0 saturated heterocycles. The molecule has 4 rings (SSSR count). The second-order valence-corrected chi connectivity index (χ2v) is 7.03. The maximum Gasteiger partial charge on any atom is 0.165 e. The number of hydrogen-bond donors (Lipinski definition) is 0. The fourth-order valence-corrected chi connectivity index (χ4v) is 3.60. The lowest BCUT2D eigenvalue weighted by Crippen LogP contribution is -2.30. The highest BCUT2D eigenvalue weighted by Crippen LogP contribution is 2.43. The van der Waals surface area contributed by atoms with Gasteiger partial charge in [0.25, 0.3) is 0 Å². The Labute approximate surface area is 122 Å². The van der Waals surface area contributed by atoms with Crippen molar-refractivity contribution in [2.24, 2.45) is 0 Å². The summed E-state index contributed by atoms with van der Waals surface area (Å²) in [6.45, 7) is 4.39. The second kappa shape index (κ2) is 4.16. The van der Waals surface area contributed by atoms with Gasteiger partial charge in [-0.05, 0) is 36.8 Å². The number of nitrogens with zero attached hydrogens (tertiary/aromatic N) is 3. The van der Waals surface area contributed by atoms with Gasteiger partial charge in [0.1, 0.15) is 0 Å². The standard InChI is InChI=1S/C16H17N3S/c1-11-18-15(10-20-11)19-14-8-13(16(2)6-3-7-16)5-4-12(14)9-17-19/h4-5,8-10H,3,6-7H2,1-2H3. The molecule has 1 saturated carbocycles. The minimum atomic E-state index is 0.362. The molecule has 1 aromatic carbocycles. The van der Waals surface area contributed by atoms with Crippen LogP contribution in [0.3, 0.4) is 0 Å². The highest BCUT2D eigenvalue weighted by atomic mass is 32.1. The largest absolute Gasteiger partial charge is 0.222 e. The van der Waals surface area contributed by atoms with Gasteiger partial charge in [-0.3, -0.25) is 0 Å². The van der Waals surface area contributed by atoms with Gasteiger partial charge in [0.2, 0.25) is 0 Å². The number of aromatic nitrogens is 3. The summed E-state index contributed by atoms with van der Waals surface area (Å²) in [5, 5.41) is 8.83. The van der Waals surface area contributed by atoms with Crippen LogP contribution < -0.4 is 0 Å². The zero-order valence-electron chi connectivity index (χ0n) is 11.8. The molecule has 3 aromatic rings. The van der Waals surface area contributed by atoms with Crippen molar-refractivity contribution in [3.05, 3.63) is 40.3 Å². The van der Waals surface area contributed by atoms with Crippen LogP contribution in [0.15, 0.2) is 29.8 Å². The molecule has 20 heavy (non-hydrogen) atoms. The van der Waals surface area contributed by atoms with Crippen LogP contribution in [-0.4, -0.2) is 14.8 Å². The Hall–Kier alpha value is -1.68. The number of fused-ring (bicyclic) bond motifs is 1. The molecule has 0 spiro atoms. The van der Waals surface area contributed by atoms with E-state index in [-0.39, 0.29) is 0 Å². The van der Waals surface area contributed by atoms with Gasteiger partial charge in [0.15, 0.2) is 5.82 Å². The van der Waals surface area contributed by atoms with Crippen LogP contribution in [0.2, 0.25) is 0 Å². The van der Waals surface area contributed by atoms with Crippen molar-refractivity contribution in [1.29, 1.82) is 0 Å². The minimum absolute atomic E-state index is 0.362. The van der Waals surface area contributed by atoms with Crippen molar-refractivity contribution in [1.82, 2.24) is 14.8 Å². The van der Waals surface area contributed by atoms with Crippen LogP contribution in [0.1, 0.15) is 36.8 Å². The van der Waals surface area contributed by atoms with Crippen molar-refractivity contribution in [3.8, 4) is 5.82 Å². The first kappa shape index (κ1) is 12.1. The van der Waals surface area contributed by atoms with E-state index in [0.717, 1.165) is 10.8 Å². The zero-order chi connectivity index (χ0) is 13.7. The summed E-state index contributed by atoms with van der Waals surface area (Å²) in [7, 11) is 0. The van der Waals surface area contributed by atoms with Gasteiger partial charge in [-0.15, -0.1) is 11.3 Å². The van der Waals surface area contributed by atoms with Gasteiger partial charge in [-0.25, -0.2) is 9.67 Å². The van der Waals surface area contributed by atoms with Crippen molar-refractivity contribution >= 4 is 22.2 Å². The summed E-state index contributed by atoms with van der Waals surface area (Å²) in [5.41, 5.74) is 2.97. The topological polar surface area (TPSA) is 30.7 Å². The summed E-state index contributed by atoms with van der Waals surface area (Å²) in [4.78, 5) is 4.55. The fourth-order valence-electron chi connectivity index (χ4n) is 3.02. The summed E-state index contributed by atoms with van der Waals surface area (Å²) in [6, 6.07) is 6.76. The third-order valence-electron chi connectivity index (χ3n) is 4.55. The molecule has 1 aliphatic carbocycles. The van der Waals surface area contributed by atoms with Gasteiger partial charge in [0.05, 0.1) is 16.7 Å². The minimum Gasteiger partial charge on any atom is -0.222 e. The molecule has 3 nitrogen and oxygen atoms in total. The Morgan fingerprint density at radius 1 is 1.30 bits per heavy atom. The molecule has 102 valence electrons. The van der Waals surface area contributed by atoms with Gasteiger partial charge >= 0.3 is 0 Å². The average molecular weight is 283 g/mol.